The van der Waals surface area contributed by atoms with Gasteiger partial charge in [-0.25, -0.2) is 0 Å². The highest BCUT2D eigenvalue weighted by Crippen LogP contribution is 2.24. The summed E-state index contributed by atoms with van der Waals surface area (Å²) in [4.78, 5) is 0. The molecule has 3 heteroatoms. The van der Waals surface area contributed by atoms with Crippen molar-refractivity contribution in [3.63, 3.8) is 0 Å². The van der Waals surface area contributed by atoms with Crippen molar-refractivity contribution in [3.05, 3.63) is 40.5 Å². The largest absolute Gasteiger partial charge is 0.392 e. The lowest BCUT2D eigenvalue weighted by Crippen LogP contribution is -2.36. The van der Waals surface area contributed by atoms with Crippen LogP contribution in [0.4, 0.5) is 0 Å². The Labute approximate surface area is 121 Å². The first-order chi connectivity index (χ1) is 9.41. The fourth-order valence-corrected chi connectivity index (χ4v) is 2.43. The van der Waals surface area contributed by atoms with Gasteiger partial charge in [-0.3, -0.25) is 0 Å². The maximum absolute atomic E-state index is 9.48. The normalized spacial score (nSPS) is 19.6. The van der Waals surface area contributed by atoms with Crippen LogP contribution in [0.5, 0.6) is 0 Å². The van der Waals surface area contributed by atoms with Crippen LogP contribution >= 0.6 is 0 Å². The number of aliphatic hydroxyl groups is 1. The first kappa shape index (κ1) is 15.2. The standard InChI is InChI=1S/C17H24O3/c1-12-7-13(2)15(14(8-12)9-18)5-6-16-19-10-17(3,4)11-20-16/h5-8,16,18H,9-11H2,1-4H3. The van der Waals surface area contributed by atoms with E-state index in [1.165, 1.54) is 0 Å². The predicted octanol–water partition coefficient (Wildman–Crippen LogP) is 3.21. The number of hydrogen-bond acceptors (Lipinski definition) is 3. The van der Waals surface area contributed by atoms with Crippen molar-refractivity contribution in [1.29, 1.82) is 0 Å². The van der Waals surface area contributed by atoms with Crippen LogP contribution in [0.1, 0.15) is 36.1 Å². The van der Waals surface area contributed by atoms with Crippen molar-refractivity contribution >= 4 is 6.08 Å². The van der Waals surface area contributed by atoms with E-state index in [1.807, 2.05) is 25.1 Å². The van der Waals surface area contributed by atoms with Gasteiger partial charge in [0.2, 0.25) is 0 Å². The van der Waals surface area contributed by atoms with Gasteiger partial charge >= 0.3 is 0 Å². The highest BCUT2D eigenvalue weighted by Gasteiger charge is 2.26. The van der Waals surface area contributed by atoms with Crippen molar-refractivity contribution in [2.45, 2.75) is 40.6 Å². The molecule has 0 bridgehead atoms. The summed E-state index contributed by atoms with van der Waals surface area (Å²) in [5.41, 5.74) is 4.39. The molecule has 110 valence electrons. The summed E-state index contributed by atoms with van der Waals surface area (Å²) in [6.07, 6.45) is 3.62. The number of ether oxygens (including phenoxy) is 2. The zero-order valence-electron chi connectivity index (χ0n) is 12.8. The van der Waals surface area contributed by atoms with Gasteiger partial charge in [0.15, 0.2) is 6.29 Å². The Morgan fingerprint density at radius 1 is 1.25 bits per heavy atom. The molecule has 2 rings (SSSR count). The molecule has 20 heavy (non-hydrogen) atoms. The maximum atomic E-state index is 9.48. The van der Waals surface area contributed by atoms with Gasteiger partial charge in [-0.2, -0.15) is 0 Å². The lowest BCUT2D eigenvalue weighted by Gasteiger charge is -2.33. The van der Waals surface area contributed by atoms with Crippen molar-refractivity contribution in [1.82, 2.24) is 0 Å². The average Bonchev–Trinajstić information content (AvgIpc) is 2.38. The maximum Gasteiger partial charge on any atom is 0.177 e. The Bertz CT molecular complexity index is 493. The molecule has 1 aromatic rings. The van der Waals surface area contributed by atoms with Crippen LogP contribution in [0.2, 0.25) is 0 Å². The Kier molecular flexibility index (Phi) is 4.63. The van der Waals surface area contributed by atoms with Crippen molar-refractivity contribution in [2.75, 3.05) is 13.2 Å². The van der Waals surface area contributed by atoms with E-state index in [-0.39, 0.29) is 18.3 Å². The Morgan fingerprint density at radius 3 is 2.50 bits per heavy atom. The third-order valence-corrected chi connectivity index (χ3v) is 3.48. The Morgan fingerprint density at radius 2 is 1.90 bits per heavy atom. The number of aryl methyl sites for hydroxylation is 2. The summed E-state index contributed by atoms with van der Waals surface area (Å²) in [6, 6.07) is 4.13. The first-order valence-corrected chi connectivity index (χ1v) is 7.04. The molecule has 0 radical (unpaired) electrons. The summed E-state index contributed by atoms with van der Waals surface area (Å²) in [6.45, 7) is 9.78. The van der Waals surface area contributed by atoms with E-state index < -0.39 is 0 Å². The fourth-order valence-electron chi connectivity index (χ4n) is 2.43. The Hall–Kier alpha value is -1.16. The quantitative estimate of drug-likeness (QED) is 0.921. The van der Waals surface area contributed by atoms with E-state index in [4.69, 9.17) is 9.47 Å². The van der Waals surface area contributed by atoms with Gasteiger partial charge in [0, 0.05) is 5.41 Å². The molecule has 1 fully saturated rings. The van der Waals surface area contributed by atoms with E-state index in [1.54, 1.807) is 0 Å². The van der Waals surface area contributed by atoms with Crippen molar-refractivity contribution < 1.29 is 14.6 Å². The molecule has 0 unspecified atom stereocenters. The molecular formula is C17H24O3. The highest BCUT2D eigenvalue weighted by atomic mass is 16.7. The summed E-state index contributed by atoms with van der Waals surface area (Å²) >= 11 is 0. The van der Waals surface area contributed by atoms with Crippen LogP contribution in [-0.4, -0.2) is 24.6 Å². The minimum absolute atomic E-state index is 0.0433. The molecule has 0 saturated carbocycles. The van der Waals surface area contributed by atoms with Gasteiger partial charge in [-0.15, -0.1) is 0 Å². The van der Waals surface area contributed by atoms with Crippen molar-refractivity contribution in [2.24, 2.45) is 5.41 Å². The van der Waals surface area contributed by atoms with Crippen LogP contribution in [0.15, 0.2) is 18.2 Å². The van der Waals surface area contributed by atoms with E-state index in [0.717, 1.165) is 22.3 Å². The smallest absolute Gasteiger partial charge is 0.177 e. The zero-order chi connectivity index (χ0) is 14.8. The molecule has 0 aromatic heterocycles. The van der Waals surface area contributed by atoms with E-state index in [2.05, 4.69) is 26.8 Å². The van der Waals surface area contributed by atoms with Crippen LogP contribution < -0.4 is 0 Å². The minimum Gasteiger partial charge on any atom is -0.392 e. The molecule has 1 heterocycles. The third-order valence-electron chi connectivity index (χ3n) is 3.48. The number of hydrogen-bond donors (Lipinski definition) is 1. The van der Waals surface area contributed by atoms with Gasteiger partial charge in [0.05, 0.1) is 19.8 Å². The summed E-state index contributed by atoms with van der Waals surface area (Å²) in [7, 11) is 0. The van der Waals surface area contributed by atoms with Crippen LogP contribution in [0, 0.1) is 19.3 Å². The highest BCUT2D eigenvalue weighted by molar-refractivity contribution is 5.59. The molecular weight excluding hydrogens is 252 g/mol. The van der Waals surface area contributed by atoms with Crippen LogP contribution in [0.3, 0.4) is 0 Å². The molecule has 1 saturated heterocycles. The molecule has 1 N–H and O–H groups in total. The molecule has 3 nitrogen and oxygen atoms in total. The van der Waals surface area contributed by atoms with E-state index >= 15 is 0 Å². The lowest BCUT2D eigenvalue weighted by molar-refractivity contribution is -0.197. The number of rotatable bonds is 3. The SMILES string of the molecule is Cc1cc(C)c(C=CC2OCC(C)(C)CO2)c(CO)c1. The molecule has 1 aliphatic heterocycles. The van der Waals surface area contributed by atoms with Gasteiger partial charge in [0.1, 0.15) is 0 Å². The predicted molar refractivity (Wildman–Crippen MR) is 80.3 cm³/mol. The first-order valence-electron chi connectivity index (χ1n) is 7.04. The molecule has 0 amide bonds. The number of aliphatic hydroxyl groups excluding tert-OH is 1. The second-order valence-electron chi connectivity index (χ2n) is 6.33. The summed E-state index contributed by atoms with van der Waals surface area (Å²) in [5.74, 6) is 0. The van der Waals surface area contributed by atoms with Crippen LogP contribution in [0.25, 0.3) is 6.08 Å². The molecule has 1 aromatic carbocycles. The monoisotopic (exact) mass is 276 g/mol. The molecule has 0 spiro atoms. The van der Waals surface area contributed by atoms with Gasteiger partial charge in [0.25, 0.3) is 0 Å². The van der Waals surface area contributed by atoms with Crippen LogP contribution in [-0.2, 0) is 16.1 Å². The summed E-state index contributed by atoms with van der Waals surface area (Å²) in [5, 5.41) is 9.48. The molecule has 0 aliphatic carbocycles. The Balaban J connectivity index is 2.12. The topological polar surface area (TPSA) is 38.7 Å². The number of benzene rings is 1. The van der Waals surface area contributed by atoms with Crippen molar-refractivity contribution in [3.8, 4) is 0 Å². The second kappa shape index (κ2) is 6.08. The summed E-state index contributed by atoms with van der Waals surface area (Å²) < 4.78 is 11.4. The molecule has 0 atom stereocenters. The van der Waals surface area contributed by atoms with Gasteiger partial charge in [-0.05, 0) is 36.6 Å². The minimum atomic E-state index is -0.296. The van der Waals surface area contributed by atoms with Gasteiger partial charge < -0.3 is 14.6 Å². The second-order valence-corrected chi connectivity index (χ2v) is 6.33. The fraction of sp³-hybridized carbons (Fsp3) is 0.529. The molecule has 1 aliphatic rings. The lowest BCUT2D eigenvalue weighted by atomic mass is 9.95. The average molecular weight is 276 g/mol. The third kappa shape index (κ3) is 3.69. The van der Waals surface area contributed by atoms with E-state index in [0.29, 0.717) is 13.2 Å². The van der Waals surface area contributed by atoms with Gasteiger partial charge in [-0.1, -0.05) is 37.6 Å². The zero-order valence-corrected chi connectivity index (χ0v) is 12.8. The van der Waals surface area contributed by atoms with E-state index in [9.17, 15) is 5.11 Å².